The van der Waals surface area contributed by atoms with Gasteiger partial charge in [-0.1, -0.05) is 0 Å². The van der Waals surface area contributed by atoms with Crippen molar-refractivity contribution in [3.8, 4) is 12.3 Å². The first kappa shape index (κ1) is 16.3. The highest BCUT2D eigenvalue weighted by atomic mass is 19.4. The second-order valence-electron chi connectivity index (χ2n) is 4.90. The topological polar surface area (TPSA) is 66.4 Å². The Morgan fingerprint density at radius 3 is 2.25 bits per heavy atom. The van der Waals surface area contributed by atoms with Gasteiger partial charge in [0.1, 0.15) is 6.04 Å². The molecule has 1 rings (SSSR count). The second-order valence-corrected chi connectivity index (χ2v) is 4.90. The summed E-state index contributed by atoms with van der Waals surface area (Å²) in [4.78, 5) is 22.7. The maximum atomic E-state index is 12.5. The van der Waals surface area contributed by atoms with Crippen LogP contribution >= 0.6 is 0 Å². The molecule has 0 aromatic heterocycles. The summed E-state index contributed by atoms with van der Waals surface area (Å²) in [5.41, 5.74) is 0. The third-order valence-corrected chi connectivity index (χ3v) is 3.50. The van der Waals surface area contributed by atoms with E-state index in [2.05, 4.69) is 11.2 Å². The minimum Gasteiger partial charge on any atom is -0.480 e. The van der Waals surface area contributed by atoms with E-state index < -0.39 is 35.9 Å². The number of carboxylic acids is 1. The van der Waals surface area contributed by atoms with Crippen LogP contribution in [0.3, 0.4) is 0 Å². The number of nitrogens with one attached hydrogen (secondary N) is 1. The molecule has 0 heterocycles. The maximum Gasteiger partial charge on any atom is 0.391 e. The lowest BCUT2D eigenvalue weighted by Crippen LogP contribution is -2.44. The van der Waals surface area contributed by atoms with E-state index in [1.54, 1.807) is 0 Å². The summed E-state index contributed by atoms with van der Waals surface area (Å²) < 4.78 is 37.5. The molecule has 1 atom stereocenters. The normalized spacial score (nSPS) is 24.5. The molecule has 0 saturated heterocycles. The molecule has 1 fully saturated rings. The number of carbonyl (C=O) groups excluding carboxylic acids is 1. The van der Waals surface area contributed by atoms with Crippen LogP contribution in [0.4, 0.5) is 13.2 Å². The SMILES string of the molecule is C#CCC(NC(=O)C1CCC(C(F)(F)F)CC1)C(=O)O. The molecule has 0 aromatic carbocycles. The van der Waals surface area contributed by atoms with Crippen LogP contribution in [0.15, 0.2) is 0 Å². The molecule has 1 saturated carbocycles. The van der Waals surface area contributed by atoms with Gasteiger partial charge in [0.15, 0.2) is 0 Å². The Morgan fingerprint density at radius 2 is 1.85 bits per heavy atom. The van der Waals surface area contributed by atoms with Crippen LogP contribution in [0.2, 0.25) is 0 Å². The van der Waals surface area contributed by atoms with Crippen molar-refractivity contribution in [1.82, 2.24) is 5.32 Å². The number of aliphatic carboxylic acids is 1. The largest absolute Gasteiger partial charge is 0.480 e. The Kier molecular flexibility index (Phi) is 5.43. The van der Waals surface area contributed by atoms with Crippen molar-refractivity contribution >= 4 is 11.9 Å². The summed E-state index contributed by atoms with van der Waals surface area (Å²) in [6.07, 6.45) is 0.630. The molecule has 2 N–H and O–H groups in total. The Labute approximate surface area is 114 Å². The fourth-order valence-corrected chi connectivity index (χ4v) is 2.29. The summed E-state index contributed by atoms with van der Waals surface area (Å²) in [7, 11) is 0. The highest BCUT2D eigenvalue weighted by Gasteiger charge is 2.42. The molecular weight excluding hydrogens is 275 g/mol. The smallest absolute Gasteiger partial charge is 0.391 e. The van der Waals surface area contributed by atoms with Gasteiger partial charge in [0.25, 0.3) is 0 Å². The second kappa shape index (κ2) is 6.64. The molecule has 20 heavy (non-hydrogen) atoms. The molecule has 7 heteroatoms. The summed E-state index contributed by atoms with van der Waals surface area (Å²) >= 11 is 0. The van der Waals surface area contributed by atoms with Crippen LogP contribution in [0.5, 0.6) is 0 Å². The molecule has 0 radical (unpaired) electrons. The number of hydrogen-bond donors (Lipinski definition) is 2. The van der Waals surface area contributed by atoms with Gasteiger partial charge in [-0.15, -0.1) is 12.3 Å². The molecule has 112 valence electrons. The monoisotopic (exact) mass is 291 g/mol. The molecule has 0 aromatic rings. The van der Waals surface area contributed by atoms with E-state index in [1.807, 2.05) is 0 Å². The average Bonchev–Trinajstić information content (AvgIpc) is 2.37. The molecule has 4 nitrogen and oxygen atoms in total. The van der Waals surface area contributed by atoms with Crippen molar-refractivity contribution in [3.63, 3.8) is 0 Å². The van der Waals surface area contributed by atoms with Gasteiger partial charge < -0.3 is 10.4 Å². The summed E-state index contributed by atoms with van der Waals surface area (Å²) in [5.74, 6) is -1.59. The van der Waals surface area contributed by atoms with Crippen molar-refractivity contribution in [1.29, 1.82) is 0 Å². The number of hydrogen-bond acceptors (Lipinski definition) is 2. The van der Waals surface area contributed by atoms with Crippen LogP contribution < -0.4 is 5.32 Å². The van der Waals surface area contributed by atoms with Crippen LogP contribution in [0.25, 0.3) is 0 Å². The van der Waals surface area contributed by atoms with Gasteiger partial charge in [0, 0.05) is 12.3 Å². The molecule has 1 amide bonds. The number of halogens is 3. The third kappa shape index (κ3) is 4.44. The van der Waals surface area contributed by atoms with Gasteiger partial charge in [0.2, 0.25) is 5.91 Å². The Balaban J connectivity index is 2.51. The van der Waals surface area contributed by atoms with Gasteiger partial charge >= 0.3 is 12.1 Å². The summed E-state index contributed by atoms with van der Waals surface area (Å²) in [6.45, 7) is 0. The Morgan fingerprint density at radius 1 is 1.30 bits per heavy atom. The molecular formula is C13H16F3NO3. The highest BCUT2D eigenvalue weighted by Crippen LogP contribution is 2.39. The van der Waals surface area contributed by atoms with Gasteiger partial charge in [0.05, 0.1) is 5.92 Å². The predicted molar refractivity (Wildman–Crippen MR) is 64.5 cm³/mol. The third-order valence-electron chi connectivity index (χ3n) is 3.50. The number of carboxylic acid groups (broad SMARTS) is 1. The minimum absolute atomic E-state index is 0.103. The molecule has 0 spiro atoms. The predicted octanol–water partition coefficient (Wildman–Crippen LogP) is 1.95. The average molecular weight is 291 g/mol. The van der Waals surface area contributed by atoms with E-state index >= 15 is 0 Å². The molecule has 1 unspecified atom stereocenters. The number of alkyl halides is 3. The van der Waals surface area contributed by atoms with E-state index in [9.17, 15) is 22.8 Å². The van der Waals surface area contributed by atoms with Gasteiger partial charge in [-0.3, -0.25) is 4.79 Å². The van der Waals surface area contributed by atoms with E-state index in [1.165, 1.54) is 0 Å². The van der Waals surface area contributed by atoms with Crippen molar-refractivity contribution < 1.29 is 27.9 Å². The van der Waals surface area contributed by atoms with E-state index in [0.717, 1.165) is 0 Å². The fraction of sp³-hybridized carbons (Fsp3) is 0.692. The zero-order chi connectivity index (χ0) is 15.3. The van der Waals surface area contributed by atoms with Gasteiger partial charge in [-0.25, -0.2) is 4.79 Å². The zero-order valence-electron chi connectivity index (χ0n) is 10.7. The molecule has 0 bridgehead atoms. The Hall–Kier alpha value is -1.71. The van der Waals surface area contributed by atoms with Crippen LogP contribution in [-0.4, -0.2) is 29.2 Å². The molecule has 1 aliphatic rings. The van der Waals surface area contributed by atoms with Gasteiger partial charge in [-0.05, 0) is 25.7 Å². The van der Waals surface area contributed by atoms with Crippen LogP contribution in [-0.2, 0) is 9.59 Å². The fourth-order valence-electron chi connectivity index (χ4n) is 2.29. The van der Waals surface area contributed by atoms with Crippen molar-refractivity contribution in [2.24, 2.45) is 11.8 Å². The number of amides is 1. The standard InChI is InChI=1S/C13H16F3NO3/c1-2-3-10(12(19)20)17-11(18)8-4-6-9(7-5-8)13(14,15)16/h1,8-10H,3-7H2,(H,17,18)(H,19,20). The van der Waals surface area contributed by atoms with E-state index in [4.69, 9.17) is 11.5 Å². The maximum absolute atomic E-state index is 12.5. The summed E-state index contributed by atoms with van der Waals surface area (Å²) in [5, 5.41) is 11.1. The lowest BCUT2D eigenvalue weighted by atomic mass is 9.81. The Bertz CT molecular complexity index is 406. The first-order valence-corrected chi connectivity index (χ1v) is 6.29. The zero-order valence-corrected chi connectivity index (χ0v) is 10.7. The molecule has 1 aliphatic carbocycles. The van der Waals surface area contributed by atoms with Crippen molar-refractivity contribution in [3.05, 3.63) is 0 Å². The molecule has 0 aliphatic heterocycles. The van der Waals surface area contributed by atoms with Gasteiger partial charge in [-0.2, -0.15) is 13.2 Å². The van der Waals surface area contributed by atoms with Crippen molar-refractivity contribution in [2.45, 2.75) is 44.3 Å². The first-order valence-electron chi connectivity index (χ1n) is 6.29. The van der Waals surface area contributed by atoms with Crippen LogP contribution in [0.1, 0.15) is 32.1 Å². The minimum atomic E-state index is -4.23. The lowest BCUT2D eigenvalue weighted by Gasteiger charge is -2.29. The van der Waals surface area contributed by atoms with Crippen LogP contribution in [0, 0.1) is 24.2 Å². The lowest BCUT2D eigenvalue weighted by molar-refractivity contribution is -0.184. The van der Waals surface area contributed by atoms with Crippen molar-refractivity contribution in [2.75, 3.05) is 0 Å². The highest BCUT2D eigenvalue weighted by molar-refractivity contribution is 5.85. The first-order chi connectivity index (χ1) is 9.25. The van der Waals surface area contributed by atoms with E-state index in [0.29, 0.717) is 0 Å². The summed E-state index contributed by atoms with van der Waals surface area (Å²) in [6, 6.07) is -1.19. The quantitative estimate of drug-likeness (QED) is 0.778. The number of carbonyl (C=O) groups is 2. The number of rotatable bonds is 4. The van der Waals surface area contributed by atoms with E-state index in [-0.39, 0.29) is 32.1 Å². The number of terminal acetylenes is 1.